The first-order chi connectivity index (χ1) is 26.1. The van der Waals surface area contributed by atoms with Gasteiger partial charge in [0.25, 0.3) is 0 Å². The van der Waals surface area contributed by atoms with Crippen molar-refractivity contribution in [2.75, 3.05) is 32.7 Å². The average Bonchev–Trinajstić information content (AvgIpc) is 4.02. The minimum Gasteiger partial charge on any atom is -0.452 e. The van der Waals surface area contributed by atoms with Crippen LogP contribution in [-0.2, 0) is 6.18 Å². The molecule has 0 unspecified atom stereocenters. The number of hydrogen-bond donors (Lipinski definition) is 0. The maximum absolute atomic E-state index is 11.4. The molecule has 0 bridgehead atoms. The SMILES string of the molecule is C.C.C1=NC=NC1.C1=NC=NC1.CC1=NC=NC1.CC1=NCC=N1.CC1=NCC=N1.Cc1nnco1.Cc1nnco1.FC(F)(F)c1ncno1.c1cocn1. The van der Waals surface area contributed by atoms with E-state index in [4.69, 9.17) is 0 Å². The van der Waals surface area contributed by atoms with E-state index in [9.17, 15) is 13.2 Å². The number of oxazole rings is 1. The highest BCUT2D eigenvalue weighted by molar-refractivity contribution is 5.94. The Kier molecular flexibility index (Phi) is 31.0. The number of rotatable bonds is 0. The Morgan fingerprint density at radius 2 is 1.21 bits per heavy atom. The van der Waals surface area contributed by atoms with E-state index in [1.54, 1.807) is 63.9 Å². The Balaban J connectivity index is 0. The van der Waals surface area contributed by atoms with Crippen molar-refractivity contribution in [2.45, 2.75) is 55.6 Å². The molecule has 304 valence electrons. The molecule has 0 N–H and O–H groups in total. The molecule has 0 amide bonds. The molecule has 0 fully saturated rings. The number of aliphatic imine (C=N–C) groups is 10. The Morgan fingerprint density at radius 3 is 1.34 bits per heavy atom. The lowest BCUT2D eigenvalue weighted by Crippen LogP contribution is -2.04. The summed E-state index contributed by atoms with van der Waals surface area (Å²) in [4.78, 5) is 44.4. The fourth-order valence-electron chi connectivity index (χ4n) is 2.53. The first kappa shape index (κ1) is 51.2. The smallest absolute Gasteiger partial charge is 0.452 e. The summed E-state index contributed by atoms with van der Waals surface area (Å²) in [5.74, 6) is 1.69. The number of alkyl halides is 3. The molecule has 0 atom stereocenters. The van der Waals surface area contributed by atoms with Crippen LogP contribution in [0.15, 0.2) is 106 Å². The predicted octanol–water partition coefficient (Wildman–Crippen LogP) is 5.46. The summed E-state index contributed by atoms with van der Waals surface area (Å²) in [7, 11) is 0. The van der Waals surface area contributed by atoms with Gasteiger partial charge >= 0.3 is 12.1 Å². The molecular weight excluding hydrogens is 743 g/mol. The van der Waals surface area contributed by atoms with E-state index >= 15 is 0 Å². The zero-order valence-electron chi connectivity index (χ0n) is 29.9. The molecule has 9 heterocycles. The Morgan fingerprint density at radius 1 is 0.661 bits per heavy atom. The molecule has 56 heavy (non-hydrogen) atoms. The average molecular weight is 790 g/mol. The van der Waals surface area contributed by atoms with Crippen molar-refractivity contribution < 1.29 is 30.9 Å². The van der Waals surface area contributed by atoms with Crippen LogP contribution >= 0.6 is 0 Å². The molecule has 0 radical (unpaired) electrons. The number of aryl methyl sites for hydroxylation is 2. The Hall–Kier alpha value is -6.88. The van der Waals surface area contributed by atoms with Crippen molar-refractivity contribution >= 4 is 61.3 Å². The van der Waals surface area contributed by atoms with E-state index in [1.807, 2.05) is 20.8 Å². The summed E-state index contributed by atoms with van der Waals surface area (Å²) in [6, 6.07) is 0. The quantitative estimate of drug-likeness (QED) is 0.216. The van der Waals surface area contributed by atoms with Crippen molar-refractivity contribution in [3.8, 4) is 0 Å². The summed E-state index contributed by atoms with van der Waals surface area (Å²) >= 11 is 0. The number of aromatic nitrogens is 7. The first-order valence-corrected chi connectivity index (χ1v) is 15.3. The van der Waals surface area contributed by atoms with Crippen LogP contribution < -0.4 is 0 Å². The Labute approximate surface area is 321 Å². The van der Waals surface area contributed by atoms with E-state index in [0.29, 0.717) is 18.1 Å². The second-order valence-corrected chi connectivity index (χ2v) is 9.18. The Bertz CT molecular complexity index is 1650. The molecular formula is C32H46F3N17O4. The maximum atomic E-state index is 11.4. The number of nitrogens with zero attached hydrogens (tertiary/aromatic N) is 17. The van der Waals surface area contributed by atoms with Gasteiger partial charge in [0.1, 0.15) is 37.0 Å². The molecule has 0 aromatic carbocycles. The third-order valence-electron chi connectivity index (χ3n) is 4.81. The molecule has 4 aromatic rings. The van der Waals surface area contributed by atoms with Crippen molar-refractivity contribution in [1.82, 2.24) is 35.5 Å². The molecule has 4 aromatic heterocycles. The monoisotopic (exact) mass is 789 g/mol. The van der Waals surface area contributed by atoms with E-state index < -0.39 is 12.1 Å². The van der Waals surface area contributed by atoms with Gasteiger partial charge in [0, 0.05) is 44.4 Å². The highest BCUT2D eigenvalue weighted by Crippen LogP contribution is 2.26. The van der Waals surface area contributed by atoms with Gasteiger partial charge in [-0.15, -0.1) is 20.4 Å². The van der Waals surface area contributed by atoms with Crippen LogP contribution in [0.4, 0.5) is 13.2 Å². The standard InChI is InChI=1S/3C4H6N2.C3HF3N2O.2C3H4N2O.2C3H4N2.C3H3NO.2CH4/c1-4-2-5-3-6-4;2*1-4-5-2-3-6-4;4-3(5,6)2-7-1-8-9-2;2*1-3-5-4-2-6-3;3*1-2-5-3-4-1;;/h3H,2H2,1H3;2*2H,3H2,1H3;1H;2*2H,1H3;2*1,3H,2H2;1-3H;2*1H4. The molecule has 0 saturated carbocycles. The van der Waals surface area contributed by atoms with Gasteiger partial charge in [-0.25, -0.2) is 29.9 Å². The van der Waals surface area contributed by atoms with Crippen LogP contribution in [0.1, 0.15) is 53.3 Å². The minimum atomic E-state index is -4.52. The third kappa shape index (κ3) is 31.8. The van der Waals surface area contributed by atoms with Gasteiger partial charge in [-0.1, -0.05) is 20.0 Å². The van der Waals surface area contributed by atoms with Crippen molar-refractivity contribution in [1.29, 1.82) is 0 Å². The molecule has 24 heteroatoms. The first-order valence-electron chi connectivity index (χ1n) is 15.3. The zero-order chi connectivity index (χ0) is 39.5. The summed E-state index contributed by atoms with van der Waals surface area (Å²) in [5.41, 5.74) is 1.11. The molecule has 0 saturated heterocycles. The lowest BCUT2D eigenvalue weighted by Gasteiger charge is -1.95. The van der Waals surface area contributed by atoms with Crippen LogP contribution in [0.25, 0.3) is 0 Å². The molecule has 9 rings (SSSR count). The van der Waals surface area contributed by atoms with Crippen LogP contribution in [0, 0.1) is 13.8 Å². The highest BCUT2D eigenvalue weighted by Gasteiger charge is 2.37. The van der Waals surface area contributed by atoms with Gasteiger partial charge in [-0.3, -0.25) is 25.0 Å². The summed E-state index contributed by atoms with van der Waals surface area (Å²) in [5, 5.41) is 16.6. The van der Waals surface area contributed by atoms with Gasteiger partial charge in [0.15, 0.2) is 12.7 Å². The maximum Gasteiger partial charge on any atom is 0.471 e. The van der Waals surface area contributed by atoms with Gasteiger partial charge in [-0.2, -0.15) is 18.2 Å². The lowest BCUT2D eigenvalue weighted by atomic mass is 10.4. The molecule has 5 aliphatic heterocycles. The fourth-order valence-corrected chi connectivity index (χ4v) is 2.53. The molecule has 21 nitrogen and oxygen atoms in total. The van der Waals surface area contributed by atoms with Gasteiger partial charge in [-0.05, 0) is 20.8 Å². The van der Waals surface area contributed by atoms with E-state index in [1.165, 1.54) is 25.4 Å². The summed E-state index contributed by atoms with van der Waals surface area (Å²) < 4.78 is 51.7. The number of halogens is 3. The summed E-state index contributed by atoms with van der Waals surface area (Å²) in [6.07, 6.45) is 15.1. The van der Waals surface area contributed by atoms with Gasteiger partial charge in [0.2, 0.25) is 24.6 Å². The van der Waals surface area contributed by atoms with E-state index in [0.717, 1.165) is 50.1 Å². The largest absolute Gasteiger partial charge is 0.471 e. The van der Waals surface area contributed by atoms with Gasteiger partial charge < -0.3 is 17.8 Å². The topological polar surface area (TPSA) is 266 Å². The number of hydrogen-bond acceptors (Lipinski definition) is 21. The van der Waals surface area contributed by atoms with Crippen LogP contribution in [0.3, 0.4) is 0 Å². The number of amidine groups is 2. The van der Waals surface area contributed by atoms with E-state index in [-0.39, 0.29) is 14.9 Å². The molecule has 0 aliphatic carbocycles. The van der Waals surface area contributed by atoms with Crippen LogP contribution in [0.2, 0.25) is 0 Å². The van der Waals surface area contributed by atoms with Crippen molar-refractivity contribution in [3.63, 3.8) is 0 Å². The highest BCUT2D eigenvalue weighted by atomic mass is 19.4. The summed E-state index contributed by atoms with van der Waals surface area (Å²) in [6.45, 7) is 13.2. The minimum absolute atomic E-state index is 0. The molecule has 0 spiro atoms. The predicted molar refractivity (Wildman–Crippen MR) is 210 cm³/mol. The lowest BCUT2D eigenvalue weighted by molar-refractivity contribution is -0.159. The third-order valence-corrected chi connectivity index (χ3v) is 4.81. The van der Waals surface area contributed by atoms with Gasteiger partial charge in [0.05, 0.1) is 38.9 Å². The second kappa shape index (κ2) is 33.9. The fraction of sp³-hybridized carbons (Fsp3) is 0.406. The molecule has 5 aliphatic rings. The van der Waals surface area contributed by atoms with Crippen molar-refractivity contribution in [3.05, 3.63) is 55.6 Å². The van der Waals surface area contributed by atoms with E-state index in [2.05, 4.69) is 103 Å². The van der Waals surface area contributed by atoms with Crippen molar-refractivity contribution in [2.24, 2.45) is 49.9 Å². The van der Waals surface area contributed by atoms with Crippen LogP contribution in [0.5, 0.6) is 0 Å². The second-order valence-electron chi connectivity index (χ2n) is 9.18. The zero-order valence-corrected chi connectivity index (χ0v) is 29.9. The normalized spacial score (nSPS) is 13.6. The van der Waals surface area contributed by atoms with Crippen LogP contribution in [-0.4, -0.2) is 130 Å².